The lowest BCUT2D eigenvalue weighted by Gasteiger charge is -2.31. The van der Waals surface area contributed by atoms with E-state index in [4.69, 9.17) is 4.42 Å². The lowest BCUT2D eigenvalue weighted by Crippen LogP contribution is -2.56. The van der Waals surface area contributed by atoms with Crippen LogP contribution in [0.15, 0.2) is 53.1 Å². The van der Waals surface area contributed by atoms with Crippen molar-refractivity contribution < 1.29 is 14.0 Å². The number of hydrogen-bond acceptors (Lipinski definition) is 4. The summed E-state index contributed by atoms with van der Waals surface area (Å²) >= 11 is 0. The second-order valence-electron chi connectivity index (χ2n) is 6.78. The fraction of sp³-hybridized carbons (Fsp3) is 0.400. The van der Waals surface area contributed by atoms with Gasteiger partial charge in [-0.1, -0.05) is 37.3 Å². The Morgan fingerprint density at radius 3 is 2.73 bits per heavy atom. The van der Waals surface area contributed by atoms with Crippen molar-refractivity contribution in [3.8, 4) is 0 Å². The van der Waals surface area contributed by atoms with Gasteiger partial charge in [-0.15, -0.1) is 0 Å². The summed E-state index contributed by atoms with van der Waals surface area (Å²) in [6, 6.07) is 12.3. The number of hydrogen-bond donors (Lipinski definition) is 3. The first-order valence-electron chi connectivity index (χ1n) is 9.03. The molecule has 1 aromatic carbocycles. The SMILES string of the molecule is CC1CCNCC1NC(=O)C(Cc1ccccc1)NC(=O)c1ccco1. The number of carbonyl (C=O) groups is 2. The van der Waals surface area contributed by atoms with Gasteiger partial charge in [0.25, 0.3) is 5.91 Å². The third-order valence-electron chi connectivity index (χ3n) is 4.80. The van der Waals surface area contributed by atoms with Crippen LogP contribution in [0.5, 0.6) is 0 Å². The molecule has 2 amide bonds. The minimum absolute atomic E-state index is 0.0649. The Kier molecular flexibility index (Phi) is 6.07. The van der Waals surface area contributed by atoms with E-state index < -0.39 is 6.04 Å². The highest BCUT2D eigenvalue weighted by Crippen LogP contribution is 2.12. The van der Waals surface area contributed by atoms with E-state index in [1.165, 1.54) is 6.26 Å². The van der Waals surface area contributed by atoms with E-state index in [1.54, 1.807) is 12.1 Å². The maximum absolute atomic E-state index is 12.9. The topological polar surface area (TPSA) is 83.4 Å². The summed E-state index contributed by atoms with van der Waals surface area (Å²) < 4.78 is 5.14. The third kappa shape index (κ3) is 4.73. The second kappa shape index (κ2) is 8.67. The molecule has 0 bridgehead atoms. The molecule has 3 atom stereocenters. The summed E-state index contributed by atoms with van der Waals surface area (Å²) in [5.41, 5.74) is 0.988. The van der Waals surface area contributed by atoms with Crippen molar-refractivity contribution in [2.45, 2.75) is 31.8 Å². The maximum Gasteiger partial charge on any atom is 0.287 e. The van der Waals surface area contributed by atoms with E-state index >= 15 is 0 Å². The number of rotatable bonds is 6. The molecule has 3 rings (SSSR count). The molecule has 0 radical (unpaired) electrons. The predicted octanol–water partition coefficient (Wildman–Crippen LogP) is 1.73. The van der Waals surface area contributed by atoms with Gasteiger partial charge in [0.2, 0.25) is 5.91 Å². The van der Waals surface area contributed by atoms with Crippen molar-refractivity contribution in [2.24, 2.45) is 5.92 Å². The quantitative estimate of drug-likeness (QED) is 0.737. The molecule has 2 aromatic rings. The van der Waals surface area contributed by atoms with Crippen molar-refractivity contribution in [3.63, 3.8) is 0 Å². The summed E-state index contributed by atoms with van der Waals surface area (Å²) in [6.45, 7) is 3.85. The maximum atomic E-state index is 12.9. The average molecular weight is 355 g/mol. The zero-order chi connectivity index (χ0) is 18.4. The number of furan rings is 1. The van der Waals surface area contributed by atoms with Gasteiger partial charge in [-0.25, -0.2) is 0 Å². The smallest absolute Gasteiger partial charge is 0.287 e. The van der Waals surface area contributed by atoms with E-state index in [0.29, 0.717) is 12.3 Å². The summed E-state index contributed by atoms with van der Waals surface area (Å²) in [6.07, 6.45) is 2.89. The first kappa shape index (κ1) is 18.2. The summed E-state index contributed by atoms with van der Waals surface area (Å²) in [4.78, 5) is 25.3. The Labute approximate surface area is 153 Å². The summed E-state index contributed by atoms with van der Waals surface area (Å²) in [5.74, 6) is 0.0390. The van der Waals surface area contributed by atoms with Crippen LogP contribution < -0.4 is 16.0 Å². The first-order chi connectivity index (χ1) is 12.6. The van der Waals surface area contributed by atoms with Gasteiger partial charge < -0.3 is 20.4 Å². The monoisotopic (exact) mass is 355 g/mol. The number of nitrogens with one attached hydrogen (secondary N) is 3. The highest BCUT2D eigenvalue weighted by Gasteiger charge is 2.28. The van der Waals surface area contributed by atoms with Gasteiger partial charge in [-0.05, 0) is 36.6 Å². The summed E-state index contributed by atoms with van der Waals surface area (Å²) in [5, 5.41) is 9.21. The van der Waals surface area contributed by atoms with Gasteiger partial charge in [-0.3, -0.25) is 9.59 Å². The van der Waals surface area contributed by atoms with Crippen molar-refractivity contribution >= 4 is 11.8 Å². The fourth-order valence-electron chi connectivity index (χ4n) is 3.16. The summed E-state index contributed by atoms with van der Waals surface area (Å²) in [7, 11) is 0. The zero-order valence-corrected chi connectivity index (χ0v) is 14.9. The number of amides is 2. The van der Waals surface area contributed by atoms with Crippen LogP contribution in [0.3, 0.4) is 0 Å². The van der Waals surface area contributed by atoms with Crippen molar-refractivity contribution in [1.82, 2.24) is 16.0 Å². The molecule has 1 saturated heterocycles. The van der Waals surface area contributed by atoms with Crippen molar-refractivity contribution in [3.05, 3.63) is 60.1 Å². The number of piperidine rings is 1. The van der Waals surface area contributed by atoms with Crippen LogP contribution in [-0.2, 0) is 11.2 Å². The molecule has 0 spiro atoms. The Bertz CT molecular complexity index is 715. The molecule has 6 nitrogen and oxygen atoms in total. The lowest BCUT2D eigenvalue weighted by molar-refractivity contribution is -0.124. The van der Waals surface area contributed by atoms with Gasteiger partial charge in [0.05, 0.1) is 6.26 Å². The van der Waals surface area contributed by atoms with Crippen LogP contribution in [0.25, 0.3) is 0 Å². The van der Waals surface area contributed by atoms with Gasteiger partial charge >= 0.3 is 0 Å². The van der Waals surface area contributed by atoms with E-state index in [2.05, 4.69) is 22.9 Å². The van der Waals surface area contributed by atoms with Gasteiger partial charge in [0.1, 0.15) is 6.04 Å². The standard InChI is InChI=1S/C20H25N3O3/c1-14-9-10-21-13-17(14)23-19(24)16(12-15-6-3-2-4-7-15)22-20(25)18-8-5-11-26-18/h2-8,11,14,16-17,21H,9-10,12-13H2,1H3,(H,22,25)(H,23,24). The largest absolute Gasteiger partial charge is 0.459 e. The highest BCUT2D eigenvalue weighted by molar-refractivity contribution is 5.95. The molecule has 0 saturated carbocycles. The van der Waals surface area contributed by atoms with Gasteiger partial charge in [0.15, 0.2) is 5.76 Å². The second-order valence-corrected chi connectivity index (χ2v) is 6.78. The molecule has 3 unspecified atom stereocenters. The molecule has 2 heterocycles. The van der Waals surface area contributed by atoms with E-state index in [-0.39, 0.29) is 23.6 Å². The van der Waals surface area contributed by atoms with Crippen molar-refractivity contribution in [1.29, 1.82) is 0 Å². The number of benzene rings is 1. The van der Waals surface area contributed by atoms with Crippen molar-refractivity contribution in [2.75, 3.05) is 13.1 Å². The molecule has 1 aliphatic rings. The van der Waals surface area contributed by atoms with E-state index in [1.807, 2.05) is 30.3 Å². The zero-order valence-electron chi connectivity index (χ0n) is 14.9. The van der Waals surface area contributed by atoms with Crippen LogP contribution >= 0.6 is 0 Å². The van der Waals surface area contributed by atoms with E-state index in [9.17, 15) is 9.59 Å². The average Bonchev–Trinajstić information content (AvgIpc) is 3.19. The van der Waals surface area contributed by atoms with E-state index in [0.717, 1.165) is 25.1 Å². The Hall–Kier alpha value is -2.60. The minimum atomic E-state index is -0.663. The molecule has 1 fully saturated rings. The van der Waals surface area contributed by atoms with Crippen LogP contribution in [0.1, 0.15) is 29.5 Å². The Morgan fingerprint density at radius 1 is 1.23 bits per heavy atom. The van der Waals surface area contributed by atoms with Crippen LogP contribution in [0.2, 0.25) is 0 Å². The molecule has 1 aliphatic heterocycles. The normalized spacial score (nSPS) is 21.0. The first-order valence-corrected chi connectivity index (χ1v) is 9.03. The van der Waals surface area contributed by atoms with Crippen LogP contribution in [-0.4, -0.2) is 37.0 Å². The predicted molar refractivity (Wildman–Crippen MR) is 98.7 cm³/mol. The molecular weight excluding hydrogens is 330 g/mol. The third-order valence-corrected chi connectivity index (χ3v) is 4.80. The van der Waals surface area contributed by atoms with Gasteiger partial charge in [-0.2, -0.15) is 0 Å². The molecule has 3 N–H and O–H groups in total. The highest BCUT2D eigenvalue weighted by atomic mass is 16.3. The molecule has 6 heteroatoms. The molecule has 26 heavy (non-hydrogen) atoms. The fourth-order valence-corrected chi connectivity index (χ4v) is 3.16. The Balaban J connectivity index is 1.70. The van der Waals surface area contributed by atoms with Crippen LogP contribution in [0.4, 0.5) is 0 Å². The molecule has 138 valence electrons. The Morgan fingerprint density at radius 2 is 2.04 bits per heavy atom. The lowest BCUT2D eigenvalue weighted by atomic mass is 9.94. The minimum Gasteiger partial charge on any atom is -0.459 e. The number of carbonyl (C=O) groups excluding carboxylic acids is 2. The van der Waals surface area contributed by atoms with Crippen LogP contribution in [0, 0.1) is 5.92 Å². The molecule has 1 aromatic heterocycles. The van der Waals surface area contributed by atoms with Gasteiger partial charge in [0, 0.05) is 19.0 Å². The molecular formula is C20H25N3O3. The molecule has 0 aliphatic carbocycles.